The molecule has 0 radical (unpaired) electrons. The van der Waals surface area contributed by atoms with Crippen LogP contribution in [0.2, 0.25) is 5.02 Å². The third kappa shape index (κ3) is 4.74. The predicted molar refractivity (Wildman–Crippen MR) is 113 cm³/mol. The van der Waals surface area contributed by atoms with Crippen molar-refractivity contribution in [2.45, 2.75) is 19.5 Å². The van der Waals surface area contributed by atoms with Crippen molar-refractivity contribution in [3.8, 4) is 0 Å². The number of carbonyl (C=O) groups is 1. The highest BCUT2D eigenvalue weighted by atomic mass is 35.5. The number of rotatable bonds is 4. The number of nitrogens with one attached hydrogen (secondary N) is 1. The lowest BCUT2D eigenvalue weighted by molar-refractivity contribution is -0.138. The van der Waals surface area contributed by atoms with E-state index in [0.29, 0.717) is 53.5 Å². The van der Waals surface area contributed by atoms with E-state index in [1.807, 2.05) is 0 Å². The number of carbonyl (C=O) groups excluding carboxylic acids is 1. The van der Waals surface area contributed by atoms with Crippen molar-refractivity contribution in [2.75, 3.05) is 25.0 Å². The summed E-state index contributed by atoms with van der Waals surface area (Å²) in [6.45, 7) is 3.01. The largest absolute Gasteiger partial charge is 0.417 e. The molecule has 1 aromatic heterocycles. The van der Waals surface area contributed by atoms with Crippen LogP contribution in [0.1, 0.15) is 27.9 Å². The van der Waals surface area contributed by atoms with Crippen LogP contribution in [-0.2, 0) is 6.18 Å². The number of hydrogen-bond donors (Lipinski definition) is 1. The lowest BCUT2D eigenvalue weighted by Gasteiger charge is -2.20. The van der Waals surface area contributed by atoms with Gasteiger partial charge in [0.2, 0.25) is 0 Å². The molecule has 5 nitrogen and oxygen atoms in total. The number of nitrogens with zero attached hydrogens (tertiary/aromatic N) is 3. The number of fused-ring (bicyclic) bond motifs is 1. The molecule has 0 spiro atoms. The van der Waals surface area contributed by atoms with Gasteiger partial charge in [-0.1, -0.05) is 23.2 Å². The van der Waals surface area contributed by atoms with Gasteiger partial charge in [0.15, 0.2) is 0 Å². The van der Waals surface area contributed by atoms with E-state index < -0.39 is 17.6 Å². The Morgan fingerprint density at radius 3 is 2.81 bits per heavy atom. The van der Waals surface area contributed by atoms with Gasteiger partial charge in [0, 0.05) is 24.7 Å². The summed E-state index contributed by atoms with van der Waals surface area (Å²) in [5, 5.41) is 3.80. The Balaban J connectivity index is 1.41. The molecule has 1 aliphatic rings. The van der Waals surface area contributed by atoms with Crippen LogP contribution in [0.4, 0.5) is 19.0 Å². The molecule has 0 bridgehead atoms. The molecular weight excluding hydrogens is 429 g/mol. The van der Waals surface area contributed by atoms with Crippen molar-refractivity contribution in [1.29, 1.82) is 0 Å². The van der Waals surface area contributed by atoms with Crippen LogP contribution < -0.4 is 5.32 Å². The standard InChI is InChI=1S/C22H20ClF3N4O/c1-13-2-4-17(22(24,25)26)16(8-13)21(31)30-7-6-14(12-30)10-28-20-11-27-19-9-15(23)3-5-18(19)29-20/h2-5,8-9,11,14H,6-7,10,12H2,1H3,(H,28,29)/t14-/m1/s1. The first kappa shape index (κ1) is 21.4. The number of aryl methyl sites for hydroxylation is 1. The first-order chi connectivity index (χ1) is 14.7. The SMILES string of the molecule is Cc1ccc(C(F)(F)F)c(C(=O)N2CC[C@H](CNc3cnc4cc(Cl)ccc4n3)C2)c1. The van der Waals surface area contributed by atoms with E-state index >= 15 is 0 Å². The van der Waals surface area contributed by atoms with Crippen LogP contribution >= 0.6 is 11.6 Å². The molecule has 1 saturated heterocycles. The number of benzene rings is 2. The maximum Gasteiger partial charge on any atom is 0.417 e. The van der Waals surface area contributed by atoms with Crippen LogP contribution in [0.15, 0.2) is 42.6 Å². The Hall–Kier alpha value is -2.87. The zero-order valence-electron chi connectivity index (χ0n) is 16.7. The summed E-state index contributed by atoms with van der Waals surface area (Å²) < 4.78 is 40.0. The maximum atomic E-state index is 13.3. The van der Waals surface area contributed by atoms with Gasteiger partial charge >= 0.3 is 6.18 Å². The zero-order valence-corrected chi connectivity index (χ0v) is 17.5. The molecule has 1 atom stereocenters. The van der Waals surface area contributed by atoms with E-state index in [-0.39, 0.29) is 11.5 Å². The molecule has 9 heteroatoms. The summed E-state index contributed by atoms with van der Waals surface area (Å²) in [6.07, 6.45) is -2.26. The summed E-state index contributed by atoms with van der Waals surface area (Å²) in [5.74, 6) is 0.115. The van der Waals surface area contributed by atoms with E-state index in [9.17, 15) is 18.0 Å². The van der Waals surface area contributed by atoms with E-state index in [4.69, 9.17) is 11.6 Å². The van der Waals surface area contributed by atoms with E-state index in [1.165, 1.54) is 17.0 Å². The number of anilines is 1. The average Bonchev–Trinajstić information content (AvgIpc) is 3.19. The number of alkyl halides is 3. The Labute approximate surface area is 182 Å². The minimum atomic E-state index is -4.57. The highest BCUT2D eigenvalue weighted by molar-refractivity contribution is 6.31. The Bertz CT molecular complexity index is 1140. The molecule has 31 heavy (non-hydrogen) atoms. The van der Waals surface area contributed by atoms with Gasteiger partial charge in [-0.15, -0.1) is 0 Å². The number of amides is 1. The summed E-state index contributed by atoms with van der Waals surface area (Å²) >= 11 is 5.95. The highest BCUT2D eigenvalue weighted by Crippen LogP contribution is 2.33. The Morgan fingerprint density at radius 1 is 1.23 bits per heavy atom. The third-order valence-corrected chi connectivity index (χ3v) is 5.60. The fraction of sp³-hybridized carbons (Fsp3) is 0.318. The maximum absolute atomic E-state index is 13.3. The quantitative estimate of drug-likeness (QED) is 0.597. The first-order valence-corrected chi connectivity index (χ1v) is 10.2. The molecule has 0 saturated carbocycles. The van der Waals surface area contributed by atoms with Gasteiger partial charge in [-0.3, -0.25) is 9.78 Å². The molecule has 1 fully saturated rings. The number of halogens is 4. The molecule has 2 aromatic carbocycles. The van der Waals surface area contributed by atoms with E-state index in [2.05, 4.69) is 15.3 Å². The Morgan fingerprint density at radius 2 is 2.03 bits per heavy atom. The number of aromatic nitrogens is 2. The highest BCUT2D eigenvalue weighted by Gasteiger charge is 2.37. The summed E-state index contributed by atoms with van der Waals surface area (Å²) in [5.41, 5.74) is 0.826. The summed E-state index contributed by atoms with van der Waals surface area (Å²) in [4.78, 5) is 23.1. The topological polar surface area (TPSA) is 58.1 Å². The van der Waals surface area contributed by atoms with Crippen molar-refractivity contribution in [1.82, 2.24) is 14.9 Å². The lowest BCUT2D eigenvalue weighted by atomic mass is 10.0. The second-order valence-corrected chi connectivity index (χ2v) is 8.16. The van der Waals surface area contributed by atoms with E-state index in [1.54, 1.807) is 31.3 Å². The molecule has 3 aromatic rings. The Kier molecular flexibility index (Phi) is 5.75. The third-order valence-electron chi connectivity index (χ3n) is 5.36. The summed E-state index contributed by atoms with van der Waals surface area (Å²) in [7, 11) is 0. The molecular formula is C22H20ClF3N4O. The lowest BCUT2D eigenvalue weighted by Crippen LogP contribution is -2.31. The van der Waals surface area contributed by atoms with Gasteiger partial charge in [-0.25, -0.2) is 4.98 Å². The minimum Gasteiger partial charge on any atom is -0.368 e. The minimum absolute atomic E-state index is 0.103. The van der Waals surface area contributed by atoms with Crippen molar-refractivity contribution < 1.29 is 18.0 Å². The van der Waals surface area contributed by atoms with Gasteiger partial charge in [-0.2, -0.15) is 13.2 Å². The molecule has 1 amide bonds. The predicted octanol–water partition coefficient (Wildman–Crippen LogP) is 5.18. The molecule has 0 unspecified atom stereocenters. The van der Waals surface area contributed by atoms with Crippen LogP contribution in [0.5, 0.6) is 0 Å². The van der Waals surface area contributed by atoms with Crippen molar-refractivity contribution >= 4 is 34.4 Å². The van der Waals surface area contributed by atoms with Crippen molar-refractivity contribution in [2.24, 2.45) is 5.92 Å². The second kappa shape index (κ2) is 8.34. The normalized spacial score (nSPS) is 16.7. The molecule has 1 N–H and O–H groups in total. The molecule has 1 aliphatic heterocycles. The average molecular weight is 449 g/mol. The van der Waals surface area contributed by atoms with Crippen LogP contribution in [0.25, 0.3) is 11.0 Å². The first-order valence-electron chi connectivity index (χ1n) is 9.84. The van der Waals surface area contributed by atoms with Gasteiger partial charge in [0.1, 0.15) is 5.82 Å². The fourth-order valence-electron chi connectivity index (χ4n) is 3.75. The zero-order chi connectivity index (χ0) is 22.2. The smallest absolute Gasteiger partial charge is 0.368 e. The molecule has 2 heterocycles. The van der Waals surface area contributed by atoms with Gasteiger partial charge < -0.3 is 10.2 Å². The summed E-state index contributed by atoms with van der Waals surface area (Å²) in [6, 6.07) is 8.91. The van der Waals surface area contributed by atoms with Gasteiger partial charge in [0.25, 0.3) is 5.91 Å². The van der Waals surface area contributed by atoms with Gasteiger partial charge in [-0.05, 0) is 49.6 Å². The molecule has 4 rings (SSSR count). The molecule has 0 aliphatic carbocycles. The van der Waals surface area contributed by atoms with Crippen molar-refractivity contribution in [3.05, 3.63) is 64.3 Å². The number of hydrogen-bond acceptors (Lipinski definition) is 4. The van der Waals surface area contributed by atoms with Crippen LogP contribution in [-0.4, -0.2) is 40.4 Å². The number of likely N-dealkylation sites (tertiary alicyclic amines) is 1. The van der Waals surface area contributed by atoms with Crippen LogP contribution in [0, 0.1) is 12.8 Å². The second-order valence-electron chi connectivity index (χ2n) is 7.72. The monoisotopic (exact) mass is 448 g/mol. The van der Waals surface area contributed by atoms with Gasteiger partial charge in [0.05, 0.1) is 28.4 Å². The van der Waals surface area contributed by atoms with Crippen molar-refractivity contribution in [3.63, 3.8) is 0 Å². The van der Waals surface area contributed by atoms with E-state index in [0.717, 1.165) is 6.07 Å². The van der Waals surface area contributed by atoms with Crippen LogP contribution in [0.3, 0.4) is 0 Å². The molecule has 162 valence electrons. The fourth-order valence-corrected chi connectivity index (χ4v) is 3.92.